The topological polar surface area (TPSA) is 3.24 Å². The van der Waals surface area contributed by atoms with Crippen molar-refractivity contribution in [3.05, 3.63) is 193 Å². The van der Waals surface area contributed by atoms with Crippen LogP contribution in [0.25, 0.3) is 60.3 Å². The van der Waals surface area contributed by atoms with Crippen molar-refractivity contribution in [2.75, 3.05) is 4.90 Å². The van der Waals surface area contributed by atoms with Crippen molar-refractivity contribution in [2.24, 2.45) is 0 Å². The molecule has 0 fully saturated rings. The first-order chi connectivity index (χ1) is 23.7. The zero-order chi connectivity index (χ0) is 32.0. The van der Waals surface area contributed by atoms with Gasteiger partial charge in [0, 0.05) is 11.4 Å². The van der Waals surface area contributed by atoms with Crippen LogP contribution in [-0.2, 0) is 0 Å². The van der Waals surface area contributed by atoms with E-state index in [-0.39, 0.29) is 6.04 Å². The second-order valence-electron chi connectivity index (χ2n) is 12.9. The molecular formula is C47H35N. The molecule has 1 nitrogen and oxygen atoms in total. The quantitative estimate of drug-likeness (QED) is 0.175. The fourth-order valence-corrected chi connectivity index (χ4v) is 7.82. The average Bonchev–Trinajstić information content (AvgIpc) is 3.60. The molecule has 9 rings (SSSR count). The second kappa shape index (κ2) is 11.7. The van der Waals surface area contributed by atoms with Crippen molar-refractivity contribution in [3.8, 4) is 22.3 Å². The van der Waals surface area contributed by atoms with Gasteiger partial charge in [0.2, 0.25) is 0 Å². The van der Waals surface area contributed by atoms with Crippen molar-refractivity contribution in [2.45, 2.75) is 19.4 Å². The van der Waals surface area contributed by atoms with Crippen LogP contribution >= 0.6 is 0 Å². The maximum Gasteiger partial charge on any atom is 0.0626 e. The summed E-state index contributed by atoms with van der Waals surface area (Å²) < 4.78 is 0. The third-order valence-electron chi connectivity index (χ3n) is 10.0. The van der Waals surface area contributed by atoms with Gasteiger partial charge in [-0.25, -0.2) is 0 Å². The number of benzene rings is 8. The molecule has 1 aliphatic rings. The molecule has 0 N–H and O–H groups in total. The van der Waals surface area contributed by atoms with Crippen LogP contribution in [0.2, 0.25) is 0 Å². The van der Waals surface area contributed by atoms with E-state index in [0.29, 0.717) is 0 Å². The number of hydrogen-bond donors (Lipinski definition) is 0. The van der Waals surface area contributed by atoms with Crippen molar-refractivity contribution in [1.82, 2.24) is 0 Å². The first-order valence-corrected chi connectivity index (χ1v) is 16.9. The Bertz CT molecular complexity index is 2470. The molecule has 228 valence electrons. The fourth-order valence-electron chi connectivity index (χ4n) is 7.82. The summed E-state index contributed by atoms with van der Waals surface area (Å²) in [6.45, 7) is 2.16. The minimum absolute atomic E-state index is 0.208. The summed E-state index contributed by atoms with van der Waals surface area (Å²) in [6.07, 6.45) is 3.37. The van der Waals surface area contributed by atoms with Crippen LogP contribution in [0.4, 0.5) is 5.69 Å². The highest BCUT2D eigenvalue weighted by Crippen LogP contribution is 2.49. The summed E-state index contributed by atoms with van der Waals surface area (Å²) in [5, 5.41) is 7.62. The Morgan fingerprint density at radius 1 is 0.479 bits per heavy atom. The molecule has 8 aromatic carbocycles. The third-order valence-corrected chi connectivity index (χ3v) is 10.0. The average molecular weight is 614 g/mol. The molecular weight excluding hydrogens is 579 g/mol. The molecule has 0 radical (unpaired) electrons. The molecule has 1 heterocycles. The van der Waals surface area contributed by atoms with E-state index < -0.39 is 0 Å². The second-order valence-corrected chi connectivity index (χ2v) is 12.9. The van der Waals surface area contributed by atoms with Crippen molar-refractivity contribution in [1.29, 1.82) is 0 Å². The smallest absolute Gasteiger partial charge is 0.0626 e. The molecule has 1 heteroatoms. The Kier molecular flexibility index (Phi) is 6.91. The number of aryl methyl sites for hydroxylation is 1. The van der Waals surface area contributed by atoms with Gasteiger partial charge in [-0.3, -0.25) is 0 Å². The van der Waals surface area contributed by atoms with Gasteiger partial charge in [-0.05, 0) is 91.2 Å². The maximum absolute atomic E-state index is 2.57. The molecule has 0 aromatic heterocycles. The van der Waals surface area contributed by atoms with E-state index in [9.17, 15) is 0 Å². The van der Waals surface area contributed by atoms with Crippen LogP contribution in [0.1, 0.15) is 29.2 Å². The molecule has 48 heavy (non-hydrogen) atoms. The van der Waals surface area contributed by atoms with E-state index in [0.717, 1.165) is 6.42 Å². The summed E-state index contributed by atoms with van der Waals surface area (Å²) in [4.78, 5) is 2.57. The Hall–Kier alpha value is -5.92. The lowest BCUT2D eigenvalue weighted by molar-refractivity contribution is 0.749. The molecule has 0 aliphatic carbocycles. The predicted octanol–water partition coefficient (Wildman–Crippen LogP) is 12.8. The number of anilines is 1. The number of nitrogens with zero attached hydrogens (tertiary/aromatic N) is 1. The summed E-state index contributed by atoms with van der Waals surface area (Å²) in [5.41, 5.74) is 11.4. The Balaban J connectivity index is 1.37. The highest BCUT2D eigenvalue weighted by atomic mass is 15.2. The number of rotatable bonds is 5. The molecule has 0 saturated carbocycles. The fraction of sp³-hybridized carbons (Fsp3) is 0.0638. The lowest BCUT2D eigenvalue weighted by Gasteiger charge is -2.31. The van der Waals surface area contributed by atoms with E-state index in [4.69, 9.17) is 0 Å². The van der Waals surface area contributed by atoms with E-state index in [1.54, 1.807) is 0 Å². The van der Waals surface area contributed by atoms with Gasteiger partial charge in [-0.2, -0.15) is 0 Å². The van der Waals surface area contributed by atoms with Gasteiger partial charge in [-0.15, -0.1) is 0 Å². The lowest BCUT2D eigenvalue weighted by Crippen LogP contribution is -2.22. The Morgan fingerprint density at radius 3 is 1.88 bits per heavy atom. The molecule has 8 aromatic rings. The number of hydrogen-bond acceptors (Lipinski definition) is 1. The highest BCUT2D eigenvalue weighted by molar-refractivity contribution is 6.24. The van der Waals surface area contributed by atoms with Crippen LogP contribution in [-0.4, -0.2) is 0 Å². The van der Waals surface area contributed by atoms with E-state index >= 15 is 0 Å². The van der Waals surface area contributed by atoms with Gasteiger partial charge >= 0.3 is 0 Å². The van der Waals surface area contributed by atoms with Crippen molar-refractivity contribution < 1.29 is 0 Å². The predicted molar refractivity (Wildman–Crippen MR) is 205 cm³/mol. The van der Waals surface area contributed by atoms with Gasteiger partial charge in [0.05, 0.1) is 6.04 Å². The molecule has 1 atom stereocenters. The largest absolute Gasteiger partial charge is 0.333 e. The van der Waals surface area contributed by atoms with Crippen molar-refractivity contribution >= 4 is 43.7 Å². The van der Waals surface area contributed by atoms with Crippen LogP contribution in [0.15, 0.2) is 176 Å². The Labute approximate surface area is 282 Å². The van der Waals surface area contributed by atoms with Crippen LogP contribution in [0.5, 0.6) is 0 Å². The first kappa shape index (κ1) is 28.3. The zero-order valence-corrected chi connectivity index (χ0v) is 27.0. The highest BCUT2D eigenvalue weighted by Gasteiger charge is 2.30. The molecule has 0 spiro atoms. The molecule has 1 unspecified atom stereocenters. The monoisotopic (exact) mass is 613 g/mol. The Morgan fingerprint density at radius 2 is 1.10 bits per heavy atom. The van der Waals surface area contributed by atoms with Crippen LogP contribution in [0, 0.1) is 6.92 Å². The van der Waals surface area contributed by atoms with Gasteiger partial charge in [-0.1, -0.05) is 169 Å². The summed E-state index contributed by atoms with van der Waals surface area (Å²) in [6, 6.07) is 62.7. The SMILES string of the molecule is Cc1ccc(-c2c3ccccc3c(-c3cccc4ccccc34)c3ccc(N4C(c5ccccc5)=CCC4c4ccccc4)cc23)cc1. The first-order valence-electron chi connectivity index (χ1n) is 16.9. The van der Waals surface area contributed by atoms with E-state index in [2.05, 4.69) is 188 Å². The van der Waals surface area contributed by atoms with E-state index in [1.807, 2.05) is 0 Å². The number of fused-ring (bicyclic) bond motifs is 3. The molecule has 0 amide bonds. The van der Waals surface area contributed by atoms with Gasteiger partial charge in [0.25, 0.3) is 0 Å². The minimum Gasteiger partial charge on any atom is -0.333 e. The normalized spacial score (nSPS) is 14.6. The minimum atomic E-state index is 0.208. The van der Waals surface area contributed by atoms with Crippen LogP contribution in [0.3, 0.4) is 0 Å². The van der Waals surface area contributed by atoms with Gasteiger partial charge in [0.1, 0.15) is 0 Å². The van der Waals surface area contributed by atoms with Crippen molar-refractivity contribution in [3.63, 3.8) is 0 Å². The summed E-state index contributed by atoms with van der Waals surface area (Å²) >= 11 is 0. The molecule has 0 bridgehead atoms. The lowest BCUT2D eigenvalue weighted by atomic mass is 9.84. The third kappa shape index (κ3) is 4.70. The van der Waals surface area contributed by atoms with Crippen LogP contribution < -0.4 is 4.90 Å². The van der Waals surface area contributed by atoms with Gasteiger partial charge in [0.15, 0.2) is 0 Å². The van der Waals surface area contributed by atoms with E-state index in [1.165, 1.54) is 82.6 Å². The molecule has 1 aliphatic heterocycles. The standard InChI is InChI=1S/C47H35N/c1-32-23-25-36(26-24-32)46-40-20-10-11-21-41(40)47(39-22-12-18-33-13-8-9-19-38(33)39)42-28-27-37(31-43(42)46)48-44(34-14-4-2-5-15-34)29-30-45(48)35-16-6-3-7-17-35/h2-29,31,45H,30H2,1H3. The zero-order valence-electron chi connectivity index (χ0n) is 27.0. The summed E-state index contributed by atoms with van der Waals surface area (Å²) in [5.74, 6) is 0. The van der Waals surface area contributed by atoms with Gasteiger partial charge < -0.3 is 4.90 Å². The maximum atomic E-state index is 2.57. The summed E-state index contributed by atoms with van der Waals surface area (Å²) in [7, 11) is 0. The molecule has 0 saturated heterocycles.